The van der Waals surface area contributed by atoms with Crippen LogP contribution in [0.4, 0.5) is 0 Å². The van der Waals surface area contributed by atoms with Crippen LogP contribution < -0.4 is 5.32 Å². The van der Waals surface area contributed by atoms with Crippen LogP contribution in [0.15, 0.2) is 4.52 Å². The van der Waals surface area contributed by atoms with Gasteiger partial charge in [0.15, 0.2) is 0 Å². The van der Waals surface area contributed by atoms with Gasteiger partial charge in [0.05, 0.1) is 5.69 Å². The van der Waals surface area contributed by atoms with E-state index < -0.39 is 0 Å². The second-order valence-electron chi connectivity index (χ2n) is 4.83. The van der Waals surface area contributed by atoms with E-state index in [0.717, 1.165) is 19.5 Å². The summed E-state index contributed by atoms with van der Waals surface area (Å²) in [5.41, 5.74) is 1.24. The molecular weight excluding hydrogens is 230 g/mol. The molecule has 1 saturated heterocycles. The first-order chi connectivity index (χ1) is 8.63. The molecule has 0 bridgehead atoms. The van der Waals surface area contributed by atoms with Crippen LogP contribution in [0.1, 0.15) is 41.6 Å². The Morgan fingerprint density at radius 2 is 2.33 bits per heavy atom. The number of likely N-dealkylation sites (tertiary alicyclic amines) is 1. The van der Waals surface area contributed by atoms with Gasteiger partial charge in [0.1, 0.15) is 11.3 Å². The fourth-order valence-corrected chi connectivity index (χ4v) is 2.65. The second-order valence-corrected chi connectivity index (χ2v) is 4.83. The van der Waals surface area contributed by atoms with Crippen molar-refractivity contribution in [2.45, 2.75) is 39.7 Å². The summed E-state index contributed by atoms with van der Waals surface area (Å²) in [5.74, 6) is 0.512. The summed E-state index contributed by atoms with van der Waals surface area (Å²) >= 11 is 0. The van der Waals surface area contributed by atoms with Crippen LogP contribution in [0, 0.1) is 13.8 Å². The van der Waals surface area contributed by atoms with Gasteiger partial charge in [0, 0.05) is 12.6 Å². The van der Waals surface area contributed by atoms with E-state index in [1.165, 1.54) is 6.42 Å². The van der Waals surface area contributed by atoms with E-state index in [4.69, 9.17) is 4.52 Å². The van der Waals surface area contributed by atoms with Crippen LogP contribution in [0.5, 0.6) is 0 Å². The zero-order chi connectivity index (χ0) is 13.1. The summed E-state index contributed by atoms with van der Waals surface area (Å²) in [5, 5.41) is 6.79. The van der Waals surface area contributed by atoms with Gasteiger partial charge in [-0.05, 0) is 39.8 Å². The Kier molecular flexibility index (Phi) is 4.01. The van der Waals surface area contributed by atoms with E-state index in [2.05, 4.69) is 22.3 Å². The summed E-state index contributed by atoms with van der Waals surface area (Å²) in [6, 6.07) is 0.472. The number of rotatable bonds is 4. The lowest BCUT2D eigenvalue weighted by Gasteiger charge is -2.22. The number of hydrogen-bond acceptors (Lipinski definition) is 4. The maximum Gasteiger partial charge on any atom is 0.256 e. The van der Waals surface area contributed by atoms with E-state index >= 15 is 0 Å². The molecule has 0 aromatic carbocycles. The number of nitrogens with one attached hydrogen (secondary N) is 1. The molecule has 100 valence electrons. The molecule has 1 atom stereocenters. The van der Waals surface area contributed by atoms with E-state index in [9.17, 15) is 4.79 Å². The molecule has 0 aliphatic carbocycles. The van der Waals surface area contributed by atoms with Crippen molar-refractivity contribution in [2.75, 3.05) is 19.6 Å². The normalized spacial score (nSPS) is 20.3. The lowest BCUT2D eigenvalue weighted by molar-refractivity contribution is 0.0939. The average Bonchev–Trinajstić information content (AvgIpc) is 2.93. The molecule has 1 N–H and O–H groups in total. The zero-order valence-corrected chi connectivity index (χ0v) is 11.3. The van der Waals surface area contributed by atoms with E-state index in [0.29, 0.717) is 29.6 Å². The first-order valence-corrected chi connectivity index (χ1v) is 6.58. The molecule has 5 nitrogen and oxygen atoms in total. The number of hydrogen-bond donors (Lipinski definition) is 1. The van der Waals surface area contributed by atoms with Gasteiger partial charge in [-0.3, -0.25) is 9.69 Å². The summed E-state index contributed by atoms with van der Waals surface area (Å²) < 4.78 is 5.01. The Morgan fingerprint density at radius 1 is 1.56 bits per heavy atom. The van der Waals surface area contributed by atoms with Crippen molar-refractivity contribution in [3.63, 3.8) is 0 Å². The Bertz CT molecular complexity index is 408. The minimum atomic E-state index is -0.0748. The summed E-state index contributed by atoms with van der Waals surface area (Å²) in [4.78, 5) is 14.5. The number of amides is 1. The van der Waals surface area contributed by atoms with Crippen LogP contribution in [0.25, 0.3) is 0 Å². The lowest BCUT2D eigenvalue weighted by Crippen LogP contribution is -2.40. The lowest BCUT2D eigenvalue weighted by atomic mass is 10.1. The second kappa shape index (κ2) is 5.52. The minimum Gasteiger partial charge on any atom is -0.361 e. The number of aromatic nitrogens is 1. The van der Waals surface area contributed by atoms with Crippen molar-refractivity contribution >= 4 is 5.91 Å². The fourth-order valence-electron chi connectivity index (χ4n) is 2.65. The smallest absolute Gasteiger partial charge is 0.256 e. The Labute approximate surface area is 108 Å². The van der Waals surface area contributed by atoms with Crippen molar-refractivity contribution in [1.82, 2.24) is 15.4 Å². The predicted octanol–water partition coefficient (Wildman–Crippen LogP) is 1.51. The van der Waals surface area contributed by atoms with E-state index in [1.807, 2.05) is 0 Å². The highest BCUT2D eigenvalue weighted by atomic mass is 16.5. The fraction of sp³-hybridized carbons (Fsp3) is 0.692. The molecular formula is C13H21N3O2. The van der Waals surface area contributed by atoms with Crippen LogP contribution in [-0.2, 0) is 0 Å². The third-order valence-corrected chi connectivity index (χ3v) is 3.66. The van der Waals surface area contributed by atoms with Gasteiger partial charge in [0.2, 0.25) is 0 Å². The van der Waals surface area contributed by atoms with Gasteiger partial charge < -0.3 is 9.84 Å². The third-order valence-electron chi connectivity index (χ3n) is 3.66. The molecule has 0 radical (unpaired) electrons. The van der Waals surface area contributed by atoms with Crippen molar-refractivity contribution in [3.8, 4) is 0 Å². The molecule has 1 fully saturated rings. The van der Waals surface area contributed by atoms with Gasteiger partial charge in [0.25, 0.3) is 5.91 Å². The Hall–Kier alpha value is -1.36. The molecule has 1 aromatic heterocycles. The summed E-state index contributed by atoms with van der Waals surface area (Å²) in [6.45, 7) is 8.61. The first kappa shape index (κ1) is 13.1. The molecule has 1 aliphatic heterocycles. The molecule has 0 saturated carbocycles. The van der Waals surface area contributed by atoms with Gasteiger partial charge in [-0.15, -0.1) is 0 Å². The van der Waals surface area contributed by atoms with Crippen LogP contribution in [0.2, 0.25) is 0 Å². The standard InChI is InChI=1S/C13H21N3O2/c1-4-16-7-5-6-11(16)8-14-13(17)12-9(2)15-18-10(12)3/h11H,4-8H2,1-3H3,(H,14,17). The monoisotopic (exact) mass is 251 g/mol. The number of carbonyl (C=O) groups excluding carboxylic acids is 1. The maximum absolute atomic E-state index is 12.1. The van der Waals surface area contributed by atoms with Gasteiger partial charge >= 0.3 is 0 Å². The first-order valence-electron chi connectivity index (χ1n) is 6.58. The average molecular weight is 251 g/mol. The molecule has 1 aliphatic rings. The van der Waals surface area contributed by atoms with Gasteiger partial charge in [-0.25, -0.2) is 0 Å². The quantitative estimate of drug-likeness (QED) is 0.881. The highest BCUT2D eigenvalue weighted by Crippen LogP contribution is 2.16. The Morgan fingerprint density at radius 3 is 2.94 bits per heavy atom. The van der Waals surface area contributed by atoms with Crippen LogP contribution in [0.3, 0.4) is 0 Å². The van der Waals surface area contributed by atoms with Crippen molar-refractivity contribution in [3.05, 3.63) is 17.0 Å². The van der Waals surface area contributed by atoms with Crippen molar-refractivity contribution < 1.29 is 9.32 Å². The SMILES string of the molecule is CCN1CCCC1CNC(=O)c1c(C)noc1C. The van der Waals surface area contributed by atoms with E-state index in [1.54, 1.807) is 13.8 Å². The number of carbonyl (C=O) groups is 1. The molecule has 0 spiro atoms. The third kappa shape index (κ3) is 2.56. The molecule has 2 heterocycles. The maximum atomic E-state index is 12.1. The predicted molar refractivity (Wildman–Crippen MR) is 68.6 cm³/mol. The highest BCUT2D eigenvalue weighted by molar-refractivity contribution is 5.96. The Balaban J connectivity index is 1.93. The molecule has 1 unspecified atom stereocenters. The minimum absolute atomic E-state index is 0.0748. The zero-order valence-electron chi connectivity index (χ0n) is 11.3. The number of likely N-dealkylation sites (N-methyl/N-ethyl adjacent to an activating group) is 1. The summed E-state index contributed by atoms with van der Waals surface area (Å²) in [7, 11) is 0. The molecule has 1 amide bonds. The number of nitrogens with zero attached hydrogens (tertiary/aromatic N) is 2. The molecule has 18 heavy (non-hydrogen) atoms. The highest BCUT2D eigenvalue weighted by Gasteiger charge is 2.24. The van der Waals surface area contributed by atoms with Crippen molar-refractivity contribution in [1.29, 1.82) is 0 Å². The molecule has 5 heteroatoms. The van der Waals surface area contributed by atoms with Crippen LogP contribution >= 0.6 is 0 Å². The number of aryl methyl sites for hydroxylation is 2. The molecule has 2 rings (SSSR count). The summed E-state index contributed by atoms with van der Waals surface area (Å²) in [6.07, 6.45) is 2.38. The van der Waals surface area contributed by atoms with Gasteiger partial charge in [-0.2, -0.15) is 0 Å². The molecule has 1 aromatic rings. The topological polar surface area (TPSA) is 58.4 Å². The van der Waals surface area contributed by atoms with Crippen LogP contribution in [-0.4, -0.2) is 41.6 Å². The van der Waals surface area contributed by atoms with Crippen molar-refractivity contribution in [2.24, 2.45) is 0 Å². The van der Waals surface area contributed by atoms with Gasteiger partial charge in [-0.1, -0.05) is 12.1 Å². The largest absolute Gasteiger partial charge is 0.361 e. The van der Waals surface area contributed by atoms with E-state index in [-0.39, 0.29) is 5.91 Å².